The molecule has 0 saturated heterocycles. The molecule has 0 aliphatic heterocycles. The zero-order valence-corrected chi connectivity index (χ0v) is 15.6. The predicted octanol–water partition coefficient (Wildman–Crippen LogP) is 7.86. The van der Waals surface area contributed by atoms with Crippen LogP contribution in [-0.4, -0.2) is 41.7 Å². The van der Waals surface area contributed by atoms with E-state index in [-0.39, 0.29) is 5.56 Å². The number of hydrogen-bond donors (Lipinski definition) is 0. The first-order valence-electron chi connectivity index (χ1n) is 7.94. The lowest BCUT2D eigenvalue weighted by atomic mass is 9.91. The van der Waals surface area contributed by atoms with Gasteiger partial charge in [0.25, 0.3) is 0 Å². The Hall–Kier alpha value is -2.43. The van der Waals surface area contributed by atoms with E-state index in [2.05, 4.69) is 4.74 Å². The van der Waals surface area contributed by atoms with Crippen LogP contribution in [0.2, 0.25) is 0 Å². The Morgan fingerprint density at radius 1 is 0.618 bits per heavy atom. The standard InChI is InChI=1S/C16H7F17O/c1-6-3-2-4-7(5-6)34-9(18)8(17)10(19,20)11(21,22)12(23,24)13(25,26)14(27,28)15(29,30)16(31,32)33/h2-5H,1H3. The summed E-state index contributed by atoms with van der Waals surface area (Å²) in [5.74, 6) is -54.9. The van der Waals surface area contributed by atoms with Crippen LogP contribution in [0.3, 0.4) is 0 Å². The Bertz CT molecular complexity index is 928. The second-order valence-electron chi connectivity index (χ2n) is 6.45. The minimum Gasteiger partial charge on any atom is -0.430 e. The van der Waals surface area contributed by atoms with Crippen LogP contribution in [0, 0.1) is 6.92 Å². The molecule has 0 aromatic heterocycles. The lowest BCUT2D eigenvalue weighted by molar-refractivity contribution is -0.451. The largest absolute Gasteiger partial charge is 0.460 e. The van der Waals surface area contributed by atoms with Gasteiger partial charge in [-0.25, -0.2) is 0 Å². The van der Waals surface area contributed by atoms with Crippen LogP contribution in [0.5, 0.6) is 5.75 Å². The molecule has 0 bridgehead atoms. The molecular formula is C16H7F17O. The van der Waals surface area contributed by atoms with Gasteiger partial charge in [-0.1, -0.05) is 12.1 Å². The summed E-state index contributed by atoms with van der Waals surface area (Å²) < 4.78 is 226. The Labute approximate surface area is 176 Å². The second-order valence-corrected chi connectivity index (χ2v) is 6.45. The molecule has 1 aromatic rings. The Balaban J connectivity index is 3.59. The molecule has 0 amide bonds. The number of ether oxygens (including phenoxy) is 1. The zero-order chi connectivity index (χ0) is 27.3. The molecule has 0 aliphatic carbocycles. The first kappa shape index (κ1) is 29.6. The predicted molar refractivity (Wildman–Crippen MR) is 76.8 cm³/mol. The van der Waals surface area contributed by atoms with Crippen LogP contribution in [0.15, 0.2) is 36.1 Å². The van der Waals surface area contributed by atoms with E-state index in [0.717, 1.165) is 6.07 Å². The molecule has 0 spiro atoms. The number of alkyl halides is 15. The zero-order valence-electron chi connectivity index (χ0n) is 15.6. The number of halogens is 17. The molecule has 0 aliphatic rings. The Morgan fingerprint density at radius 3 is 1.44 bits per heavy atom. The quantitative estimate of drug-likeness (QED) is 0.242. The summed E-state index contributed by atoms with van der Waals surface area (Å²) in [4.78, 5) is 0. The van der Waals surface area contributed by atoms with Crippen molar-refractivity contribution in [3.8, 4) is 5.75 Å². The average molecular weight is 538 g/mol. The fourth-order valence-corrected chi connectivity index (χ4v) is 2.06. The Kier molecular flexibility index (Phi) is 7.27. The molecule has 18 heteroatoms. The number of rotatable bonds is 8. The van der Waals surface area contributed by atoms with Crippen LogP contribution in [0.1, 0.15) is 5.56 Å². The van der Waals surface area contributed by atoms with E-state index in [9.17, 15) is 74.6 Å². The molecular weight excluding hydrogens is 531 g/mol. The van der Waals surface area contributed by atoms with Gasteiger partial charge in [-0.3, -0.25) is 0 Å². The number of allylic oxidation sites excluding steroid dienone is 1. The van der Waals surface area contributed by atoms with Crippen molar-refractivity contribution in [2.75, 3.05) is 0 Å². The van der Waals surface area contributed by atoms with Gasteiger partial charge in [-0.2, -0.15) is 74.6 Å². The lowest BCUT2D eigenvalue weighted by Crippen LogP contribution is -2.72. The van der Waals surface area contributed by atoms with Crippen molar-refractivity contribution in [1.29, 1.82) is 0 Å². The van der Waals surface area contributed by atoms with Crippen LogP contribution < -0.4 is 4.74 Å². The molecule has 196 valence electrons. The summed E-state index contributed by atoms with van der Waals surface area (Å²) >= 11 is 0. The maximum absolute atomic E-state index is 13.6. The Morgan fingerprint density at radius 2 is 1.03 bits per heavy atom. The fourth-order valence-electron chi connectivity index (χ4n) is 2.06. The molecule has 0 saturated carbocycles. The molecule has 1 rings (SSSR count). The van der Waals surface area contributed by atoms with Crippen molar-refractivity contribution in [2.24, 2.45) is 0 Å². The molecule has 0 N–H and O–H groups in total. The van der Waals surface area contributed by atoms with E-state index in [1.54, 1.807) is 0 Å². The van der Waals surface area contributed by atoms with Gasteiger partial charge in [0.2, 0.25) is 5.83 Å². The van der Waals surface area contributed by atoms with Crippen molar-refractivity contribution in [1.82, 2.24) is 0 Å². The lowest BCUT2D eigenvalue weighted by Gasteiger charge is -2.41. The van der Waals surface area contributed by atoms with Gasteiger partial charge in [0.05, 0.1) is 0 Å². The van der Waals surface area contributed by atoms with Gasteiger partial charge in [0, 0.05) is 0 Å². The number of aryl methyl sites for hydroxylation is 1. The SMILES string of the molecule is Cc1cccc(OC(F)=C(F)C(F)(F)C(F)(F)C(F)(F)C(F)(F)C(F)(F)C(F)(F)C(F)(F)F)c1. The van der Waals surface area contributed by atoms with E-state index >= 15 is 0 Å². The highest BCUT2D eigenvalue weighted by Crippen LogP contribution is 2.63. The average Bonchev–Trinajstić information content (AvgIpc) is 2.65. The highest BCUT2D eigenvalue weighted by molar-refractivity contribution is 5.29. The smallest absolute Gasteiger partial charge is 0.430 e. The van der Waals surface area contributed by atoms with Crippen molar-refractivity contribution >= 4 is 0 Å². The minimum atomic E-state index is -8.61. The first-order chi connectivity index (χ1) is 14.8. The summed E-state index contributed by atoms with van der Waals surface area (Å²) in [5, 5.41) is 0. The van der Waals surface area contributed by atoms with E-state index in [4.69, 9.17) is 0 Å². The van der Waals surface area contributed by atoms with Gasteiger partial charge in [-0.15, -0.1) is 0 Å². The summed E-state index contributed by atoms with van der Waals surface area (Å²) in [6, 6.07) is 0.0827. The van der Waals surface area contributed by atoms with Crippen molar-refractivity contribution in [2.45, 2.75) is 48.6 Å². The van der Waals surface area contributed by atoms with Crippen LogP contribution >= 0.6 is 0 Å². The maximum Gasteiger partial charge on any atom is 0.460 e. The van der Waals surface area contributed by atoms with Gasteiger partial charge in [-0.05, 0) is 24.6 Å². The van der Waals surface area contributed by atoms with Crippen molar-refractivity contribution < 1.29 is 79.4 Å². The molecule has 34 heavy (non-hydrogen) atoms. The van der Waals surface area contributed by atoms with Crippen molar-refractivity contribution in [3.05, 3.63) is 41.7 Å². The first-order valence-corrected chi connectivity index (χ1v) is 7.94. The second kappa shape index (κ2) is 8.35. The van der Waals surface area contributed by atoms with Gasteiger partial charge in [0.1, 0.15) is 5.75 Å². The minimum absolute atomic E-state index is 0.127. The van der Waals surface area contributed by atoms with E-state index in [0.29, 0.717) is 12.1 Å². The third-order valence-electron chi connectivity index (χ3n) is 3.97. The number of benzene rings is 1. The normalized spacial score (nSPS) is 15.8. The third-order valence-corrected chi connectivity index (χ3v) is 3.97. The molecule has 0 unspecified atom stereocenters. The van der Waals surface area contributed by atoms with Gasteiger partial charge < -0.3 is 4.74 Å². The van der Waals surface area contributed by atoms with E-state index in [1.165, 1.54) is 13.0 Å². The maximum atomic E-state index is 13.6. The summed E-state index contributed by atoms with van der Waals surface area (Å²) in [6.45, 7) is 1.23. The molecule has 1 nitrogen and oxygen atoms in total. The third kappa shape index (κ3) is 4.23. The van der Waals surface area contributed by atoms with Crippen LogP contribution in [0.25, 0.3) is 0 Å². The van der Waals surface area contributed by atoms with Crippen molar-refractivity contribution in [3.63, 3.8) is 0 Å². The monoisotopic (exact) mass is 538 g/mol. The molecule has 0 radical (unpaired) electrons. The van der Waals surface area contributed by atoms with Gasteiger partial charge >= 0.3 is 47.7 Å². The summed E-state index contributed by atoms with van der Waals surface area (Å²) in [7, 11) is 0. The molecule has 1 aromatic carbocycles. The van der Waals surface area contributed by atoms with Gasteiger partial charge in [0.15, 0.2) is 0 Å². The highest BCUT2D eigenvalue weighted by Gasteiger charge is 2.93. The fraction of sp³-hybridized carbons (Fsp3) is 0.500. The van der Waals surface area contributed by atoms with Crippen LogP contribution in [-0.2, 0) is 0 Å². The van der Waals surface area contributed by atoms with E-state index in [1.807, 2.05) is 0 Å². The summed E-state index contributed by atoms with van der Waals surface area (Å²) in [5.41, 5.74) is 0.127. The number of hydrogen-bond acceptors (Lipinski definition) is 1. The van der Waals surface area contributed by atoms with Crippen LogP contribution in [0.4, 0.5) is 74.6 Å². The molecule has 0 heterocycles. The topological polar surface area (TPSA) is 9.23 Å². The summed E-state index contributed by atoms with van der Waals surface area (Å²) in [6.07, 6.45) is -7.77. The highest BCUT2D eigenvalue weighted by atomic mass is 19.4. The molecule has 0 fully saturated rings. The van der Waals surface area contributed by atoms with E-state index < -0.39 is 59.3 Å². The molecule has 0 atom stereocenters.